The van der Waals surface area contributed by atoms with E-state index < -0.39 is 56.1 Å². The molecule has 1 aliphatic carbocycles. The number of phosphoric ester groups is 1. The van der Waals surface area contributed by atoms with Gasteiger partial charge < -0.3 is 35.1 Å². The van der Waals surface area contributed by atoms with Crippen molar-refractivity contribution in [3.05, 3.63) is 35.8 Å². The minimum atomic E-state index is -4.80. The van der Waals surface area contributed by atoms with E-state index in [1.54, 1.807) is 11.1 Å². The number of aliphatic imine (C=N–C) groups is 1. The third-order valence-electron chi connectivity index (χ3n) is 10.1. The lowest BCUT2D eigenvalue weighted by atomic mass is 9.99. The number of hydrogen-bond donors (Lipinski definition) is 4. The lowest BCUT2D eigenvalue weighted by Crippen LogP contribution is -2.50. The second kappa shape index (κ2) is 17.7. The summed E-state index contributed by atoms with van der Waals surface area (Å²) in [5.74, 6) is 0.601. The summed E-state index contributed by atoms with van der Waals surface area (Å²) in [6.45, 7) is 3.89. The molecule has 4 aliphatic rings. The van der Waals surface area contributed by atoms with Crippen LogP contribution >= 0.6 is 7.82 Å². The molecule has 51 heavy (non-hydrogen) atoms. The zero-order chi connectivity index (χ0) is 36.5. The molecule has 8 atom stereocenters. The van der Waals surface area contributed by atoms with Crippen LogP contribution in [0.1, 0.15) is 103 Å². The molecule has 4 heterocycles. The first kappa shape index (κ1) is 39.3. The standard InChI is InChI=1S/C35H53N6O9P/c1-3-4-5-6-7-8-9-10-11-12-13-14-19-46-22-27(48-26-16-15-25(20-36)38-21-26)23-47-51(44,45)50-33-34(2)35(33,43)31(42)30(49-34)28-17-18-29-32(37)39-24-40-41(28)29/h15-16,18,21,24,27-28,30-31,33,42-43H,3-14,17,19,22-23H2,1-2H3,(H,44,45)(H2,37,39,40)/t27-,28?,30+,31+,33?,34-,35-/m1/s1. The van der Waals surface area contributed by atoms with Crippen molar-refractivity contribution in [2.24, 2.45) is 15.8 Å². The van der Waals surface area contributed by atoms with Crippen LogP contribution in [0.3, 0.4) is 0 Å². The van der Waals surface area contributed by atoms with Gasteiger partial charge in [-0.15, -0.1) is 0 Å². The highest BCUT2D eigenvalue weighted by molar-refractivity contribution is 7.47. The van der Waals surface area contributed by atoms with Crippen LogP contribution in [0.2, 0.25) is 0 Å². The van der Waals surface area contributed by atoms with Gasteiger partial charge in [-0.05, 0) is 31.9 Å². The lowest BCUT2D eigenvalue weighted by Gasteiger charge is -2.34. The molecule has 1 saturated carbocycles. The van der Waals surface area contributed by atoms with Gasteiger partial charge in [0.1, 0.15) is 53.9 Å². The number of aromatic nitrogens is 1. The molecule has 3 aliphatic heterocycles. The van der Waals surface area contributed by atoms with Crippen molar-refractivity contribution < 1.29 is 42.9 Å². The second-order valence-electron chi connectivity index (χ2n) is 13.9. The number of pyridine rings is 1. The Morgan fingerprint density at radius 2 is 1.80 bits per heavy atom. The maximum atomic E-state index is 13.1. The van der Waals surface area contributed by atoms with E-state index in [0.29, 0.717) is 24.5 Å². The molecule has 15 nitrogen and oxygen atoms in total. The number of hydrogen-bond acceptors (Lipinski definition) is 14. The molecule has 0 spiro atoms. The van der Waals surface area contributed by atoms with Gasteiger partial charge in [0, 0.05) is 6.61 Å². The fourth-order valence-corrected chi connectivity index (χ4v) is 8.16. The van der Waals surface area contributed by atoms with E-state index in [4.69, 9.17) is 34.3 Å². The summed E-state index contributed by atoms with van der Waals surface area (Å²) in [6, 6.07) is 4.53. The summed E-state index contributed by atoms with van der Waals surface area (Å²) in [4.78, 5) is 18.7. The minimum Gasteiger partial charge on any atom is -0.484 e. The highest BCUT2D eigenvalue weighted by atomic mass is 31.2. The van der Waals surface area contributed by atoms with Crippen LogP contribution in [0.4, 0.5) is 0 Å². The van der Waals surface area contributed by atoms with Crippen molar-refractivity contribution >= 4 is 20.0 Å². The number of amidine groups is 1. The number of phosphoric acid groups is 1. The van der Waals surface area contributed by atoms with E-state index in [1.807, 2.05) is 12.1 Å². The van der Waals surface area contributed by atoms with Gasteiger partial charge in [0.15, 0.2) is 11.4 Å². The normalized spacial score (nSPS) is 29.5. The van der Waals surface area contributed by atoms with Crippen molar-refractivity contribution in [3.8, 4) is 11.8 Å². The molecular formula is C35H53N6O9P. The Labute approximate surface area is 300 Å². The summed E-state index contributed by atoms with van der Waals surface area (Å²) in [5, 5.41) is 37.5. The lowest BCUT2D eigenvalue weighted by molar-refractivity contribution is -0.100. The van der Waals surface area contributed by atoms with Gasteiger partial charge in [0.25, 0.3) is 0 Å². The number of aliphatic hydroxyl groups is 2. The highest BCUT2D eigenvalue weighted by Crippen LogP contribution is 2.66. The molecule has 16 heteroatoms. The number of rotatable bonds is 23. The summed E-state index contributed by atoms with van der Waals surface area (Å²) < 4.78 is 41.8. The molecule has 3 unspecified atom stereocenters. The van der Waals surface area contributed by atoms with E-state index in [2.05, 4.69) is 22.0 Å². The molecule has 5 rings (SSSR count). The molecular weight excluding hydrogens is 679 g/mol. The summed E-state index contributed by atoms with van der Waals surface area (Å²) in [7, 11) is -4.80. The third kappa shape index (κ3) is 9.36. The van der Waals surface area contributed by atoms with E-state index in [-0.39, 0.29) is 18.1 Å². The average Bonchev–Trinajstić information content (AvgIpc) is 3.38. The summed E-state index contributed by atoms with van der Waals surface area (Å²) >= 11 is 0. The number of ether oxygens (including phenoxy) is 3. The zero-order valence-corrected chi connectivity index (χ0v) is 30.5. The molecule has 0 amide bonds. The van der Waals surface area contributed by atoms with Gasteiger partial charge >= 0.3 is 7.82 Å². The minimum absolute atomic E-state index is 0.0538. The molecule has 0 aromatic carbocycles. The zero-order valence-electron chi connectivity index (χ0n) is 29.6. The summed E-state index contributed by atoms with van der Waals surface area (Å²) in [6.07, 6.45) is 15.2. The molecule has 282 valence electrons. The summed E-state index contributed by atoms with van der Waals surface area (Å²) in [5.41, 5.74) is 3.30. The predicted molar refractivity (Wildman–Crippen MR) is 189 cm³/mol. The molecule has 0 bridgehead atoms. The Hall–Kier alpha value is -2.93. The number of unbranched alkanes of at least 4 members (excludes halogenated alkanes) is 11. The van der Waals surface area contributed by atoms with Crippen LogP contribution in [0.25, 0.3) is 0 Å². The van der Waals surface area contributed by atoms with Gasteiger partial charge in [-0.3, -0.25) is 14.1 Å². The Kier molecular flexibility index (Phi) is 13.7. The van der Waals surface area contributed by atoms with Gasteiger partial charge in [-0.25, -0.2) is 14.5 Å². The first-order valence-corrected chi connectivity index (χ1v) is 19.7. The maximum Gasteiger partial charge on any atom is 0.472 e. The quantitative estimate of drug-likeness (QED) is 0.0905. The molecule has 1 aromatic heterocycles. The number of aliphatic hydroxyl groups excluding tert-OH is 1. The maximum absolute atomic E-state index is 13.1. The fourth-order valence-electron chi connectivity index (χ4n) is 7.12. The number of nitrogens with two attached hydrogens (primary N) is 1. The third-order valence-corrected chi connectivity index (χ3v) is 11.1. The topological polar surface area (TPSA) is 215 Å². The van der Waals surface area contributed by atoms with E-state index in [9.17, 15) is 19.7 Å². The van der Waals surface area contributed by atoms with E-state index in [1.165, 1.54) is 83.3 Å². The van der Waals surface area contributed by atoms with Gasteiger partial charge in [0.2, 0.25) is 0 Å². The van der Waals surface area contributed by atoms with Gasteiger partial charge in [-0.1, -0.05) is 83.6 Å². The molecule has 1 saturated heterocycles. The van der Waals surface area contributed by atoms with Crippen LogP contribution in [-0.2, 0) is 23.1 Å². The van der Waals surface area contributed by atoms with Crippen molar-refractivity contribution in [3.63, 3.8) is 0 Å². The second-order valence-corrected chi connectivity index (χ2v) is 15.3. The number of nitriles is 1. The monoisotopic (exact) mass is 732 g/mol. The van der Waals surface area contributed by atoms with Crippen LogP contribution in [0, 0.1) is 11.3 Å². The van der Waals surface area contributed by atoms with Crippen molar-refractivity contribution in [2.75, 3.05) is 19.8 Å². The number of fused-ring (bicyclic) bond motifs is 2. The van der Waals surface area contributed by atoms with Crippen molar-refractivity contribution in [2.45, 2.75) is 139 Å². The van der Waals surface area contributed by atoms with Crippen molar-refractivity contribution in [1.29, 1.82) is 5.26 Å². The van der Waals surface area contributed by atoms with Crippen LogP contribution in [-0.4, -0.2) is 98.8 Å². The fraction of sp³-hybridized carbons (Fsp3) is 0.714. The molecule has 1 aromatic rings. The van der Waals surface area contributed by atoms with E-state index >= 15 is 0 Å². The van der Waals surface area contributed by atoms with Crippen LogP contribution in [0.15, 0.2) is 40.2 Å². The largest absolute Gasteiger partial charge is 0.484 e. The SMILES string of the molecule is CCCCCCCCCCCCCCOC[C@H](COP(=O)(O)OC1[C@@]2(C)O[C@@H](C3CC=C4C(N)=NC=NN43)[C@H](O)[C@@]12O)Oc1ccc(C#N)nc1. The van der Waals surface area contributed by atoms with E-state index in [0.717, 1.165) is 19.3 Å². The average molecular weight is 733 g/mol. The molecule has 5 N–H and O–H groups in total. The Bertz CT molecular complexity index is 1490. The smallest absolute Gasteiger partial charge is 0.472 e. The molecule has 2 fully saturated rings. The van der Waals surface area contributed by atoms with Crippen molar-refractivity contribution in [1.82, 2.24) is 9.99 Å². The first-order valence-electron chi connectivity index (χ1n) is 18.2. The Morgan fingerprint density at radius 3 is 2.41 bits per heavy atom. The highest BCUT2D eigenvalue weighted by Gasteiger charge is 2.87. The number of hydrazone groups is 1. The first-order chi connectivity index (χ1) is 24.5. The van der Waals surface area contributed by atoms with Crippen LogP contribution < -0.4 is 10.5 Å². The molecule has 0 radical (unpaired) electrons. The predicted octanol–water partition coefficient (Wildman–Crippen LogP) is 4.46. The van der Waals surface area contributed by atoms with Crippen LogP contribution in [0.5, 0.6) is 5.75 Å². The Morgan fingerprint density at radius 1 is 1.12 bits per heavy atom. The van der Waals surface area contributed by atoms with Gasteiger partial charge in [0.05, 0.1) is 31.1 Å². The van der Waals surface area contributed by atoms with Gasteiger partial charge in [-0.2, -0.15) is 10.4 Å². The Balaban J connectivity index is 1.06. The number of nitrogens with zero attached hydrogens (tertiary/aromatic N) is 5.